The monoisotopic (exact) mass is 135 g/mol. The SMILES string of the molecule is N#[N+]c1ccc(CO)cc1. The molecule has 0 aliphatic carbocycles. The van der Waals surface area contributed by atoms with E-state index >= 15 is 0 Å². The Hall–Kier alpha value is -1.40. The Morgan fingerprint density at radius 1 is 1.30 bits per heavy atom. The number of benzene rings is 1. The summed E-state index contributed by atoms with van der Waals surface area (Å²) >= 11 is 0. The summed E-state index contributed by atoms with van der Waals surface area (Å²) in [7, 11) is 0. The van der Waals surface area contributed by atoms with Gasteiger partial charge in [0, 0.05) is 12.1 Å². The molecule has 0 aliphatic rings. The Morgan fingerprint density at radius 3 is 2.30 bits per heavy atom. The lowest BCUT2D eigenvalue weighted by atomic mass is 10.2. The van der Waals surface area contributed by atoms with Crippen molar-refractivity contribution in [2.24, 2.45) is 0 Å². The molecule has 1 aromatic rings. The zero-order valence-electron chi connectivity index (χ0n) is 5.36. The lowest BCUT2D eigenvalue weighted by Gasteiger charge is -1.88. The van der Waals surface area contributed by atoms with Crippen LogP contribution in [0.4, 0.5) is 5.69 Å². The molecule has 0 saturated carbocycles. The van der Waals surface area contributed by atoms with Gasteiger partial charge in [0.1, 0.15) is 0 Å². The molecule has 0 spiro atoms. The predicted molar refractivity (Wildman–Crippen MR) is 37.1 cm³/mol. The molecule has 0 heterocycles. The molecule has 1 rings (SSSR count). The van der Waals surface area contributed by atoms with Crippen molar-refractivity contribution in [2.45, 2.75) is 6.61 Å². The standard InChI is InChI=1S/C7H7N2O/c8-9-7-3-1-6(5-10)2-4-7/h1-4,10H,5H2/q+1. The minimum absolute atomic E-state index is 0.0196. The van der Waals surface area contributed by atoms with E-state index in [1.165, 1.54) is 0 Å². The Labute approximate surface area is 58.6 Å². The maximum absolute atomic E-state index is 8.61. The van der Waals surface area contributed by atoms with Gasteiger partial charge in [0.05, 0.1) is 6.61 Å². The third-order valence-electron chi connectivity index (χ3n) is 1.23. The number of hydrogen-bond acceptors (Lipinski definition) is 2. The van der Waals surface area contributed by atoms with Crippen molar-refractivity contribution < 1.29 is 5.11 Å². The van der Waals surface area contributed by atoms with E-state index in [0.29, 0.717) is 5.69 Å². The predicted octanol–water partition coefficient (Wildman–Crippen LogP) is 1.66. The molecule has 0 unspecified atom stereocenters. The van der Waals surface area contributed by atoms with E-state index in [1.54, 1.807) is 24.3 Å². The number of aliphatic hydroxyl groups excluding tert-OH is 1. The van der Waals surface area contributed by atoms with Crippen LogP contribution in [0.2, 0.25) is 0 Å². The fourth-order valence-corrected chi connectivity index (χ4v) is 0.668. The first kappa shape index (κ1) is 6.72. The highest BCUT2D eigenvalue weighted by atomic mass is 16.3. The molecule has 1 N–H and O–H groups in total. The molecule has 0 atom stereocenters. The first-order chi connectivity index (χ1) is 4.86. The molecule has 0 amide bonds. The summed E-state index contributed by atoms with van der Waals surface area (Å²) in [6.07, 6.45) is 0. The van der Waals surface area contributed by atoms with Crippen LogP contribution < -0.4 is 0 Å². The van der Waals surface area contributed by atoms with Crippen LogP contribution in [-0.4, -0.2) is 5.11 Å². The van der Waals surface area contributed by atoms with Crippen molar-refractivity contribution in [1.82, 2.24) is 0 Å². The number of hydrogen-bond donors (Lipinski definition) is 1. The molecule has 0 saturated heterocycles. The number of rotatable bonds is 1. The summed E-state index contributed by atoms with van der Waals surface area (Å²) in [4.78, 5) is 2.96. The molecule has 10 heavy (non-hydrogen) atoms. The van der Waals surface area contributed by atoms with Crippen LogP contribution in [0.15, 0.2) is 24.3 Å². The van der Waals surface area contributed by atoms with Gasteiger partial charge in [-0.3, -0.25) is 0 Å². The van der Waals surface area contributed by atoms with Crippen LogP contribution in [0.5, 0.6) is 0 Å². The number of aliphatic hydroxyl groups is 1. The van der Waals surface area contributed by atoms with Crippen LogP contribution in [0.25, 0.3) is 4.98 Å². The summed E-state index contributed by atoms with van der Waals surface area (Å²) < 4.78 is 0. The largest absolute Gasteiger partial charge is 0.392 e. The second-order valence-corrected chi connectivity index (χ2v) is 1.92. The van der Waals surface area contributed by atoms with Gasteiger partial charge in [-0.25, -0.2) is 0 Å². The van der Waals surface area contributed by atoms with Crippen LogP contribution in [0.1, 0.15) is 5.56 Å². The molecule has 0 fully saturated rings. The molecule has 0 bridgehead atoms. The highest BCUT2D eigenvalue weighted by Gasteiger charge is 2.00. The molecule has 0 radical (unpaired) electrons. The normalized spacial score (nSPS) is 8.80. The Bertz CT molecular complexity index is 247. The third-order valence-corrected chi connectivity index (χ3v) is 1.23. The first-order valence-electron chi connectivity index (χ1n) is 2.91. The van der Waals surface area contributed by atoms with Crippen molar-refractivity contribution >= 4 is 5.69 Å². The van der Waals surface area contributed by atoms with E-state index in [4.69, 9.17) is 10.5 Å². The van der Waals surface area contributed by atoms with E-state index in [9.17, 15) is 0 Å². The van der Waals surface area contributed by atoms with Gasteiger partial charge in [-0.1, -0.05) is 0 Å². The van der Waals surface area contributed by atoms with Crippen LogP contribution in [0, 0.1) is 5.39 Å². The van der Waals surface area contributed by atoms with E-state index in [1.807, 2.05) is 0 Å². The van der Waals surface area contributed by atoms with Gasteiger partial charge in [0.2, 0.25) is 5.39 Å². The Kier molecular flexibility index (Phi) is 1.98. The van der Waals surface area contributed by atoms with E-state index in [-0.39, 0.29) is 6.61 Å². The second kappa shape index (κ2) is 2.95. The molecule has 0 aromatic heterocycles. The van der Waals surface area contributed by atoms with Gasteiger partial charge in [0.15, 0.2) is 4.98 Å². The van der Waals surface area contributed by atoms with Crippen molar-refractivity contribution in [1.29, 1.82) is 5.39 Å². The maximum Gasteiger partial charge on any atom is 0.385 e. The van der Waals surface area contributed by atoms with Crippen molar-refractivity contribution in [3.8, 4) is 0 Å². The fourth-order valence-electron chi connectivity index (χ4n) is 0.668. The summed E-state index contributed by atoms with van der Waals surface area (Å²) in [6, 6.07) is 6.67. The van der Waals surface area contributed by atoms with Gasteiger partial charge >= 0.3 is 5.69 Å². The van der Waals surface area contributed by atoms with E-state index in [2.05, 4.69) is 4.98 Å². The second-order valence-electron chi connectivity index (χ2n) is 1.92. The number of diazo groups is 1. The summed E-state index contributed by atoms with van der Waals surface area (Å²) in [5.74, 6) is 0. The molecular formula is C7H7N2O+. The van der Waals surface area contributed by atoms with Gasteiger partial charge in [-0.2, -0.15) is 0 Å². The van der Waals surface area contributed by atoms with E-state index in [0.717, 1.165) is 5.56 Å². The lowest BCUT2D eigenvalue weighted by Crippen LogP contribution is -1.78. The molecule has 3 heteroatoms. The first-order valence-corrected chi connectivity index (χ1v) is 2.91. The van der Waals surface area contributed by atoms with E-state index < -0.39 is 0 Å². The van der Waals surface area contributed by atoms with Crippen LogP contribution >= 0.6 is 0 Å². The summed E-state index contributed by atoms with van der Waals surface area (Å²) in [5.41, 5.74) is 1.31. The van der Waals surface area contributed by atoms with Gasteiger partial charge in [-0.05, 0) is 17.7 Å². The minimum Gasteiger partial charge on any atom is -0.392 e. The molecule has 3 nitrogen and oxygen atoms in total. The molecule has 0 aliphatic heterocycles. The van der Waals surface area contributed by atoms with Crippen molar-refractivity contribution in [3.05, 3.63) is 34.8 Å². The van der Waals surface area contributed by atoms with Crippen LogP contribution in [-0.2, 0) is 6.61 Å². The smallest absolute Gasteiger partial charge is 0.385 e. The minimum atomic E-state index is 0.0196. The molecule has 1 aromatic carbocycles. The fraction of sp³-hybridized carbons (Fsp3) is 0.143. The summed E-state index contributed by atoms with van der Waals surface area (Å²) in [6.45, 7) is 0.0196. The zero-order chi connectivity index (χ0) is 7.40. The topological polar surface area (TPSA) is 48.4 Å². The molecular weight excluding hydrogens is 128 g/mol. The van der Waals surface area contributed by atoms with Gasteiger partial charge in [-0.15, -0.1) is 0 Å². The van der Waals surface area contributed by atoms with Crippen molar-refractivity contribution in [3.63, 3.8) is 0 Å². The zero-order valence-corrected chi connectivity index (χ0v) is 5.36. The average Bonchev–Trinajstić information content (AvgIpc) is 2.05. The summed E-state index contributed by atoms with van der Waals surface area (Å²) in [5, 5.41) is 16.9. The Morgan fingerprint density at radius 2 is 1.90 bits per heavy atom. The van der Waals surface area contributed by atoms with Gasteiger partial charge < -0.3 is 5.11 Å². The highest BCUT2D eigenvalue weighted by molar-refractivity contribution is 5.44. The Balaban J connectivity index is 2.93. The number of nitrogens with zero attached hydrogens (tertiary/aromatic N) is 2. The average molecular weight is 135 g/mol. The third kappa shape index (κ3) is 1.30. The maximum atomic E-state index is 8.61. The van der Waals surface area contributed by atoms with Crippen LogP contribution in [0.3, 0.4) is 0 Å². The van der Waals surface area contributed by atoms with Gasteiger partial charge in [0.25, 0.3) is 0 Å². The highest BCUT2D eigenvalue weighted by Crippen LogP contribution is 2.11. The lowest BCUT2D eigenvalue weighted by molar-refractivity contribution is 0.282. The van der Waals surface area contributed by atoms with Crippen molar-refractivity contribution in [2.75, 3.05) is 0 Å². The molecule has 50 valence electrons. The quantitative estimate of drug-likeness (QED) is 0.595.